The van der Waals surface area contributed by atoms with Crippen LogP contribution >= 0.6 is 11.3 Å². The number of aromatic nitrogens is 1. The monoisotopic (exact) mass is 241 g/mol. The second-order valence-corrected chi connectivity index (χ2v) is 3.69. The maximum Gasteiger partial charge on any atom is 0.362 e. The Kier molecular flexibility index (Phi) is 4.01. The Morgan fingerprint density at radius 1 is 1.69 bits per heavy atom. The van der Waals surface area contributed by atoms with Gasteiger partial charge in [0.2, 0.25) is 5.71 Å². The normalized spacial score (nSPS) is 11.0. The molecule has 0 aliphatic carbocycles. The van der Waals surface area contributed by atoms with Crippen LogP contribution < -0.4 is 5.73 Å². The average molecular weight is 241 g/mol. The van der Waals surface area contributed by atoms with Crippen LogP contribution in [-0.2, 0) is 14.4 Å². The molecular formula is C9H11N3O3S. The Balaban J connectivity index is 3.00. The first-order valence-electron chi connectivity index (χ1n) is 4.24. The Morgan fingerprint density at radius 3 is 2.81 bits per heavy atom. The minimum Gasteiger partial charge on any atom is -0.464 e. The highest BCUT2D eigenvalue weighted by molar-refractivity contribution is 7.13. The molecule has 0 aliphatic heterocycles. The maximum absolute atomic E-state index is 11.4. The first-order valence-corrected chi connectivity index (χ1v) is 5.12. The molecule has 0 spiro atoms. The van der Waals surface area contributed by atoms with Crippen molar-refractivity contribution in [2.75, 3.05) is 12.8 Å². The topological polar surface area (TPSA) is 86.8 Å². The van der Waals surface area contributed by atoms with Crippen LogP contribution in [-0.4, -0.2) is 23.8 Å². The van der Waals surface area contributed by atoms with E-state index >= 15 is 0 Å². The van der Waals surface area contributed by atoms with Crippen LogP contribution in [0.25, 0.3) is 0 Å². The van der Waals surface area contributed by atoms with Crippen molar-refractivity contribution < 1.29 is 14.4 Å². The number of nitrogens with zero attached hydrogens (tertiary/aromatic N) is 2. The predicted molar refractivity (Wildman–Crippen MR) is 61.0 cm³/mol. The largest absolute Gasteiger partial charge is 0.464 e. The van der Waals surface area contributed by atoms with Gasteiger partial charge < -0.3 is 15.3 Å². The van der Waals surface area contributed by atoms with Crippen LogP contribution in [0.15, 0.2) is 22.9 Å². The number of ether oxygens (including phenoxy) is 1. The third-order valence-corrected chi connectivity index (χ3v) is 2.11. The highest BCUT2D eigenvalue weighted by Crippen LogP contribution is 2.13. The lowest BCUT2D eigenvalue weighted by Gasteiger charge is -2.01. The molecule has 1 aromatic heterocycles. The second kappa shape index (κ2) is 5.26. The molecule has 0 saturated carbocycles. The van der Waals surface area contributed by atoms with Gasteiger partial charge in [0.15, 0.2) is 5.13 Å². The number of esters is 1. The number of nitrogen functional groups attached to an aromatic ring is 1. The number of methoxy groups -OCH3 is 1. The lowest BCUT2D eigenvalue weighted by molar-refractivity contribution is -0.132. The molecule has 2 N–H and O–H groups in total. The zero-order valence-corrected chi connectivity index (χ0v) is 9.71. The van der Waals surface area contributed by atoms with Gasteiger partial charge in [-0.1, -0.05) is 11.7 Å². The van der Waals surface area contributed by atoms with Crippen molar-refractivity contribution >= 4 is 28.1 Å². The summed E-state index contributed by atoms with van der Waals surface area (Å²) >= 11 is 1.19. The number of oxime groups is 1. The van der Waals surface area contributed by atoms with Gasteiger partial charge in [-0.15, -0.1) is 11.3 Å². The van der Waals surface area contributed by atoms with Gasteiger partial charge in [-0.3, -0.25) is 0 Å². The second-order valence-electron chi connectivity index (χ2n) is 2.80. The molecule has 16 heavy (non-hydrogen) atoms. The Labute approximate surface area is 96.4 Å². The summed E-state index contributed by atoms with van der Waals surface area (Å²) in [6.07, 6.45) is 0. The fourth-order valence-corrected chi connectivity index (χ4v) is 1.35. The fraction of sp³-hybridized carbons (Fsp3) is 0.222. The standard InChI is InChI=1S/C9H11N3O3S/c1-5(2)15-12-7(8(13)14-3)6-4-16-9(10)11-6/h4H,1H2,2-3H3,(H2,10,11)/b12-7-. The minimum atomic E-state index is -0.647. The number of carbonyl (C=O) groups is 1. The summed E-state index contributed by atoms with van der Waals surface area (Å²) in [6, 6.07) is 0. The quantitative estimate of drug-likeness (QED) is 0.370. The number of thiazole rings is 1. The van der Waals surface area contributed by atoms with Crippen LogP contribution in [0.4, 0.5) is 5.13 Å². The van der Waals surface area contributed by atoms with Crippen molar-refractivity contribution in [3.8, 4) is 0 Å². The van der Waals surface area contributed by atoms with Crippen LogP contribution in [0, 0.1) is 0 Å². The van der Waals surface area contributed by atoms with E-state index < -0.39 is 5.97 Å². The van der Waals surface area contributed by atoms with Crippen LogP contribution in [0.2, 0.25) is 0 Å². The molecule has 1 rings (SSSR count). The fourth-order valence-electron chi connectivity index (χ4n) is 0.805. The molecule has 0 saturated heterocycles. The zero-order valence-electron chi connectivity index (χ0n) is 8.89. The number of rotatable bonds is 4. The molecule has 0 aliphatic rings. The van der Waals surface area contributed by atoms with Crippen molar-refractivity contribution in [1.82, 2.24) is 4.98 Å². The molecule has 86 valence electrons. The third-order valence-electron chi connectivity index (χ3n) is 1.44. The van der Waals surface area contributed by atoms with Gasteiger partial charge in [0.05, 0.1) is 7.11 Å². The van der Waals surface area contributed by atoms with Crippen molar-refractivity contribution in [3.63, 3.8) is 0 Å². The van der Waals surface area contributed by atoms with E-state index in [9.17, 15) is 4.79 Å². The van der Waals surface area contributed by atoms with Crippen molar-refractivity contribution in [3.05, 3.63) is 23.4 Å². The van der Waals surface area contributed by atoms with Crippen LogP contribution in [0.5, 0.6) is 0 Å². The van der Waals surface area contributed by atoms with E-state index in [4.69, 9.17) is 10.6 Å². The number of anilines is 1. The predicted octanol–water partition coefficient (Wildman–Crippen LogP) is 1.15. The average Bonchev–Trinajstić information content (AvgIpc) is 2.64. The van der Waals surface area contributed by atoms with E-state index in [1.165, 1.54) is 18.4 Å². The Morgan fingerprint density at radius 2 is 2.38 bits per heavy atom. The van der Waals surface area contributed by atoms with Crippen molar-refractivity contribution in [2.45, 2.75) is 6.92 Å². The lowest BCUT2D eigenvalue weighted by Crippen LogP contribution is -2.18. The van der Waals surface area contributed by atoms with Gasteiger partial charge in [-0.2, -0.15) is 0 Å². The third kappa shape index (κ3) is 3.06. The Bertz CT molecular complexity index is 439. The Hall–Kier alpha value is -1.89. The van der Waals surface area contributed by atoms with Crippen LogP contribution in [0.3, 0.4) is 0 Å². The molecule has 0 atom stereocenters. The van der Waals surface area contributed by atoms with Gasteiger partial charge in [0.1, 0.15) is 11.5 Å². The molecule has 0 unspecified atom stereocenters. The highest BCUT2D eigenvalue weighted by Gasteiger charge is 2.18. The summed E-state index contributed by atoms with van der Waals surface area (Å²) in [5, 5.41) is 5.53. The number of hydrogen-bond acceptors (Lipinski definition) is 7. The number of carbonyl (C=O) groups excluding carboxylic acids is 1. The summed E-state index contributed by atoms with van der Waals surface area (Å²) in [4.78, 5) is 20.1. The molecule has 0 radical (unpaired) electrons. The molecule has 0 bridgehead atoms. The van der Waals surface area contributed by atoms with E-state index in [-0.39, 0.29) is 5.71 Å². The SMILES string of the molecule is C=C(C)O/N=C(\C(=O)OC)c1csc(N)n1. The van der Waals surface area contributed by atoms with Gasteiger partial charge in [0, 0.05) is 5.38 Å². The summed E-state index contributed by atoms with van der Waals surface area (Å²) in [7, 11) is 1.24. The summed E-state index contributed by atoms with van der Waals surface area (Å²) < 4.78 is 4.55. The molecule has 0 aromatic carbocycles. The maximum atomic E-state index is 11.4. The van der Waals surface area contributed by atoms with Gasteiger partial charge in [-0.25, -0.2) is 9.78 Å². The van der Waals surface area contributed by atoms with Gasteiger partial charge >= 0.3 is 5.97 Å². The molecular weight excluding hydrogens is 230 g/mol. The van der Waals surface area contributed by atoms with E-state index in [1.54, 1.807) is 12.3 Å². The molecule has 1 aromatic rings. The van der Waals surface area contributed by atoms with E-state index in [2.05, 4.69) is 21.5 Å². The lowest BCUT2D eigenvalue weighted by atomic mass is 10.3. The van der Waals surface area contributed by atoms with E-state index in [0.717, 1.165) is 0 Å². The van der Waals surface area contributed by atoms with E-state index in [1.807, 2.05) is 0 Å². The molecule has 1 heterocycles. The summed E-state index contributed by atoms with van der Waals surface area (Å²) in [6.45, 7) is 5.09. The molecule has 0 fully saturated rings. The number of hydrogen-bond donors (Lipinski definition) is 1. The smallest absolute Gasteiger partial charge is 0.362 e. The van der Waals surface area contributed by atoms with Crippen molar-refractivity contribution in [2.24, 2.45) is 5.16 Å². The zero-order chi connectivity index (χ0) is 12.1. The number of allylic oxidation sites excluding steroid dienone is 1. The van der Waals surface area contributed by atoms with Crippen LogP contribution in [0.1, 0.15) is 12.6 Å². The van der Waals surface area contributed by atoms with Gasteiger partial charge in [0.25, 0.3) is 0 Å². The summed E-state index contributed by atoms with van der Waals surface area (Å²) in [5.74, 6) is -0.295. The van der Waals surface area contributed by atoms with Gasteiger partial charge in [-0.05, 0) is 6.92 Å². The first kappa shape index (κ1) is 12.2. The van der Waals surface area contributed by atoms with E-state index in [0.29, 0.717) is 16.6 Å². The summed E-state index contributed by atoms with van der Waals surface area (Å²) in [5.41, 5.74) is 5.73. The first-order chi connectivity index (χ1) is 7.54. The molecule has 7 heteroatoms. The molecule has 0 amide bonds. The molecule has 6 nitrogen and oxygen atoms in total. The van der Waals surface area contributed by atoms with Crippen molar-refractivity contribution in [1.29, 1.82) is 0 Å². The highest BCUT2D eigenvalue weighted by atomic mass is 32.1. The number of nitrogens with two attached hydrogens (primary N) is 1. The minimum absolute atomic E-state index is 0.0431.